The zero-order valence-corrected chi connectivity index (χ0v) is 20.2. The molecule has 7 heteroatoms. The Morgan fingerprint density at radius 2 is 1.88 bits per heavy atom. The lowest BCUT2D eigenvalue weighted by Crippen LogP contribution is -2.40. The highest BCUT2D eigenvalue weighted by Gasteiger charge is 2.25. The maximum atomic E-state index is 12.5. The Morgan fingerprint density at radius 3 is 2.64 bits per heavy atom. The third-order valence-corrected chi connectivity index (χ3v) is 7.18. The molecule has 1 aliphatic rings. The molecule has 6 nitrogen and oxygen atoms in total. The molecule has 0 saturated carbocycles. The van der Waals surface area contributed by atoms with E-state index in [0.29, 0.717) is 18.3 Å². The Hall–Kier alpha value is -2.64. The molecule has 174 valence electrons. The molecule has 2 aromatic carbocycles. The fourth-order valence-corrected chi connectivity index (χ4v) is 4.90. The molecule has 1 fully saturated rings. The van der Waals surface area contributed by atoms with Crippen LogP contribution < -0.4 is 5.32 Å². The van der Waals surface area contributed by atoms with Crippen LogP contribution >= 0.6 is 11.8 Å². The van der Waals surface area contributed by atoms with E-state index in [0.717, 1.165) is 55.8 Å². The third-order valence-electron chi connectivity index (χ3n) is 6.08. The molecule has 2 heterocycles. The second kappa shape index (κ2) is 11.5. The lowest BCUT2D eigenvalue weighted by atomic mass is 9.96. The van der Waals surface area contributed by atoms with Gasteiger partial charge in [0.15, 0.2) is 0 Å². The number of aryl methyl sites for hydroxylation is 2. The molecule has 1 aliphatic heterocycles. The Morgan fingerprint density at radius 1 is 1.12 bits per heavy atom. The first-order chi connectivity index (χ1) is 16.1. The van der Waals surface area contributed by atoms with E-state index in [2.05, 4.69) is 51.5 Å². The summed E-state index contributed by atoms with van der Waals surface area (Å²) in [7, 11) is 0. The fourth-order valence-electron chi connectivity index (χ4n) is 4.05. The van der Waals surface area contributed by atoms with Crippen LogP contribution in [0.5, 0.6) is 0 Å². The Balaban J connectivity index is 1.14. The van der Waals surface area contributed by atoms with Gasteiger partial charge in [-0.25, -0.2) is 0 Å². The van der Waals surface area contributed by atoms with Gasteiger partial charge in [-0.05, 0) is 69.6 Å². The number of thioether (sulfide) groups is 1. The maximum Gasteiger partial charge on any atom is 0.241 e. The van der Waals surface area contributed by atoms with Crippen molar-refractivity contribution in [2.24, 2.45) is 5.92 Å². The predicted octanol–water partition coefficient (Wildman–Crippen LogP) is 4.86. The number of piperidine rings is 1. The van der Waals surface area contributed by atoms with Gasteiger partial charge in [0.2, 0.25) is 17.6 Å². The molecule has 0 atom stereocenters. The van der Waals surface area contributed by atoms with Crippen molar-refractivity contribution in [3.05, 3.63) is 65.5 Å². The highest BCUT2D eigenvalue weighted by atomic mass is 32.2. The van der Waals surface area contributed by atoms with Crippen LogP contribution in [-0.2, 0) is 11.3 Å². The van der Waals surface area contributed by atoms with Crippen LogP contribution in [0, 0.1) is 19.8 Å². The molecule has 0 aliphatic carbocycles. The number of amides is 1. The van der Waals surface area contributed by atoms with Crippen LogP contribution in [0.15, 0.2) is 57.9 Å². The molecule has 1 saturated heterocycles. The van der Waals surface area contributed by atoms with E-state index in [1.807, 2.05) is 43.0 Å². The Bertz CT molecular complexity index is 1040. The van der Waals surface area contributed by atoms with Crippen LogP contribution in [0.25, 0.3) is 11.4 Å². The largest absolute Gasteiger partial charge is 0.356 e. The van der Waals surface area contributed by atoms with Gasteiger partial charge < -0.3 is 9.84 Å². The minimum absolute atomic E-state index is 0.0937. The second-order valence-corrected chi connectivity index (χ2v) is 9.85. The summed E-state index contributed by atoms with van der Waals surface area (Å²) in [6.45, 7) is 7.24. The standard InChI is InChI=1S/C26H32N4O2S/c1-19-8-10-22(11-9-19)33-17-5-14-27-26(31)21-12-15-30(16-13-21)18-24-28-25(29-32-24)23-7-4-3-6-20(23)2/h3-4,6-11,21H,5,12-18H2,1-2H3,(H,27,31). The summed E-state index contributed by atoms with van der Waals surface area (Å²) in [5, 5.41) is 7.28. The molecule has 0 unspecified atom stereocenters. The summed E-state index contributed by atoms with van der Waals surface area (Å²) in [5.41, 5.74) is 3.41. The molecule has 33 heavy (non-hydrogen) atoms. The van der Waals surface area contributed by atoms with E-state index in [1.165, 1.54) is 10.5 Å². The highest BCUT2D eigenvalue weighted by molar-refractivity contribution is 7.99. The first-order valence-electron chi connectivity index (χ1n) is 11.7. The average Bonchev–Trinajstić information content (AvgIpc) is 3.29. The van der Waals surface area contributed by atoms with Crippen LogP contribution in [0.3, 0.4) is 0 Å². The van der Waals surface area contributed by atoms with E-state index in [-0.39, 0.29) is 11.8 Å². The summed E-state index contributed by atoms with van der Waals surface area (Å²) < 4.78 is 5.48. The monoisotopic (exact) mass is 464 g/mol. The number of aromatic nitrogens is 2. The molecular formula is C26H32N4O2S. The van der Waals surface area contributed by atoms with Crippen molar-refractivity contribution >= 4 is 17.7 Å². The number of carbonyl (C=O) groups excluding carboxylic acids is 1. The molecule has 3 aromatic rings. The number of hydrogen-bond donors (Lipinski definition) is 1. The van der Waals surface area contributed by atoms with Crippen LogP contribution in [0.1, 0.15) is 36.3 Å². The first kappa shape index (κ1) is 23.5. The van der Waals surface area contributed by atoms with E-state index in [1.54, 1.807) is 0 Å². The minimum Gasteiger partial charge on any atom is -0.356 e. The lowest BCUT2D eigenvalue weighted by molar-refractivity contribution is -0.126. The van der Waals surface area contributed by atoms with Crippen molar-refractivity contribution < 1.29 is 9.32 Å². The van der Waals surface area contributed by atoms with Gasteiger partial charge in [0.25, 0.3) is 0 Å². The number of carbonyl (C=O) groups is 1. The Kier molecular flexibility index (Phi) is 8.18. The molecule has 1 aromatic heterocycles. The number of nitrogens with zero attached hydrogens (tertiary/aromatic N) is 3. The SMILES string of the molecule is Cc1ccc(SCCCNC(=O)C2CCN(Cc3nc(-c4ccccc4C)no3)CC2)cc1. The summed E-state index contributed by atoms with van der Waals surface area (Å²) in [6.07, 6.45) is 2.70. The highest BCUT2D eigenvalue weighted by Crippen LogP contribution is 2.23. The van der Waals surface area contributed by atoms with Crippen molar-refractivity contribution in [1.82, 2.24) is 20.4 Å². The van der Waals surface area contributed by atoms with Crippen LogP contribution in [0.4, 0.5) is 0 Å². The van der Waals surface area contributed by atoms with Crippen molar-refractivity contribution in [3.63, 3.8) is 0 Å². The van der Waals surface area contributed by atoms with E-state index < -0.39 is 0 Å². The van der Waals surface area contributed by atoms with Crippen LogP contribution in [0.2, 0.25) is 0 Å². The number of likely N-dealkylation sites (tertiary alicyclic amines) is 1. The topological polar surface area (TPSA) is 71.3 Å². The van der Waals surface area contributed by atoms with Gasteiger partial charge in [-0.3, -0.25) is 9.69 Å². The molecule has 4 rings (SSSR count). The van der Waals surface area contributed by atoms with E-state index in [4.69, 9.17) is 4.52 Å². The molecule has 1 amide bonds. The average molecular weight is 465 g/mol. The molecular weight excluding hydrogens is 432 g/mol. The van der Waals surface area contributed by atoms with Gasteiger partial charge in [0, 0.05) is 22.9 Å². The zero-order chi connectivity index (χ0) is 23.0. The molecule has 0 spiro atoms. The van der Waals surface area contributed by atoms with Gasteiger partial charge >= 0.3 is 0 Å². The molecule has 1 N–H and O–H groups in total. The summed E-state index contributed by atoms with van der Waals surface area (Å²) in [4.78, 5) is 20.7. The number of hydrogen-bond acceptors (Lipinski definition) is 6. The van der Waals surface area contributed by atoms with Gasteiger partial charge in [-0.1, -0.05) is 47.1 Å². The smallest absolute Gasteiger partial charge is 0.241 e. The number of rotatable bonds is 9. The van der Waals surface area contributed by atoms with E-state index >= 15 is 0 Å². The van der Waals surface area contributed by atoms with Crippen molar-refractivity contribution in [3.8, 4) is 11.4 Å². The summed E-state index contributed by atoms with van der Waals surface area (Å²) in [5.74, 6) is 2.56. The van der Waals surface area contributed by atoms with Gasteiger partial charge in [0.1, 0.15) is 0 Å². The van der Waals surface area contributed by atoms with Crippen molar-refractivity contribution in [2.45, 2.75) is 44.6 Å². The normalized spacial score (nSPS) is 15.0. The maximum absolute atomic E-state index is 12.5. The fraction of sp³-hybridized carbons (Fsp3) is 0.423. The minimum atomic E-state index is 0.0937. The number of nitrogens with one attached hydrogen (secondary N) is 1. The Labute approximate surface area is 200 Å². The number of benzene rings is 2. The van der Waals surface area contributed by atoms with Crippen molar-refractivity contribution in [1.29, 1.82) is 0 Å². The van der Waals surface area contributed by atoms with Crippen LogP contribution in [-0.4, -0.2) is 46.3 Å². The van der Waals surface area contributed by atoms with Crippen molar-refractivity contribution in [2.75, 3.05) is 25.4 Å². The lowest BCUT2D eigenvalue weighted by Gasteiger charge is -2.30. The third kappa shape index (κ3) is 6.68. The molecule has 0 radical (unpaired) electrons. The predicted molar refractivity (Wildman–Crippen MR) is 132 cm³/mol. The quantitative estimate of drug-likeness (QED) is 0.360. The zero-order valence-electron chi connectivity index (χ0n) is 19.4. The van der Waals surface area contributed by atoms with E-state index in [9.17, 15) is 4.79 Å². The second-order valence-electron chi connectivity index (χ2n) is 8.68. The van der Waals surface area contributed by atoms with Gasteiger partial charge in [-0.2, -0.15) is 4.98 Å². The van der Waals surface area contributed by atoms with Gasteiger partial charge in [0.05, 0.1) is 6.54 Å². The van der Waals surface area contributed by atoms with Gasteiger partial charge in [-0.15, -0.1) is 11.8 Å². The summed E-state index contributed by atoms with van der Waals surface area (Å²) >= 11 is 1.84. The first-order valence-corrected chi connectivity index (χ1v) is 12.6. The molecule has 0 bridgehead atoms. The summed E-state index contributed by atoms with van der Waals surface area (Å²) in [6, 6.07) is 16.6.